The van der Waals surface area contributed by atoms with E-state index in [4.69, 9.17) is 0 Å². The Labute approximate surface area is 163 Å². The third-order valence-corrected chi connectivity index (χ3v) is 4.76. The quantitative estimate of drug-likeness (QED) is 0.478. The third kappa shape index (κ3) is 7.01. The molecule has 0 saturated carbocycles. The molecule has 0 aliphatic rings. The molecule has 0 spiro atoms. The Morgan fingerprint density at radius 3 is 2.56 bits per heavy atom. The van der Waals surface area contributed by atoms with Gasteiger partial charge in [0.25, 0.3) is 0 Å². The van der Waals surface area contributed by atoms with Crippen molar-refractivity contribution >= 4 is 23.7 Å². The van der Waals surface area contributed by atoms with Gasteiger partial charge in [-0.1, -0.05) is 50.6 Å². The average molecular weight is 391 g/mol. The number of tetrazole rings is 1. The van der Waals surface area contributed by atoms with Crippen molar-refractivity contribution < 1.29 is 9.59 Å². The maximum atomic E-state index is 11.9. The van der Waals surface area contributed by atoms with Crippen LogP contribution in [-0.2, 0) is 11.2 Å². The number of hydrogen-bond acceptors (Lipinski definition) is 6. The predicted octanol–water partition coefficient (Wildman–Crippen LogP) is 2.72. The molecule has 2 rings (SSSR count). The molecule has 1 aromatic carbocycles. The van der Waals surface area contributed by atoms with Gasteiger partial charge in [-0.3, -0.25) is 10.1 Å². The molecule has 2 N–H and O–H groups in total. The van der Waals surface area contributed by atoms with Gasteiger partial charge in [0.15, 0.2) is 0 Å². The Morgan fingerprint density at radius 2 is 1.85 bits per heavy atom. The summed E-state index contributed by atoms with van der Waals surface area (Å²) in [5.74, 6) is -0.339. The third-order valence-electron chi connectivity index (χ3n) is 3.84. The van der Waals surface area contributed by atoms with Crippen LogP contribution in [0.15, 0.2) is 29.4 Å². The zero-order chi connectivity index (χ0) is 19.5. The highest BCUT2D eigenvalue weighted by atomic mass is 32.2. The molecule has 27 heavy (non-hydrogen) atoms. The predicted molar refractivity (Wildman–Crippen MR) is 105 cm³/mol. The van der Waals surface area contributed by atoms with Crippen LogP contribution in [0.25, 0.3) is 5.69 Å². The summed E-state index contributed by atoms with van der Waals surface area (Å²) >= 11 is 1.18. The minimum Gasteiger partial charge on any atom is -0.338 e. The first-order valence-electron chi connectivity index (χ1n) is 9.22. The number of nitrogens with zero attached hydrogens (tertiary/aromatic N) is 4. The van der Waals surface area contributed by atoms with Crippen LogP contribution in [0.5, 0.6) is 0 Å². The maximum Gasteiger partial charge on any atom is 0.321 e. The van der Waals surface area contributed by atoms with Crippen molar-refractivity contribution in [2.45, 2.75) is 51.1 Å². The fraction of sp³-hybridized carbons (Fsp3) is 0.500. The van der Waals surface area contributed by atoms with Crippen molar-refractivity contribution in [2.75, 3.05) is 12.3 Å². The highest BCUT2D eigenvalue weighted by Gasteiger charge is 2.13. The highest BCUT2D eigenvalue weighted by Crippen LogP contribution is 2.18. The van der Waals surface area contributed by atoms with Crippen molar-refractivity contribution in [3.8, 4) is 5.69 Å². The van der Waals surface area contributed by atoms with E-state index in [0.717, 1.165) is 37.8 Å². The second-order valence-corrected chi connectivity index (χ2v) is 7.03. The molecule has 0 aliphatic carbocycles. The molecule has 0 bridgehead atoms. The van der Waals surface area contributed by atoms with Gasteiger partial charge in [0, 0.05) is 6.54 Å². The number of urea groups is 1. The van der Waals surface area contributed by atoms with Gasteiger partial charge in [0.05, 0.1) is 11.4 Å². The summed E-state index contributed by atoms with van der Waals surface area (Å²) in [6.07, 6.45) is 5.23. The lowest BCUT2D eigenvalue weighted by Crippen LogP contribution is -2.40. The van der Waals surface area contributed by atoms with Crippen molar-refractivity contribution in [3.05, 3.63) is 29.8 Å². The SMILES string of the molecule is CCCCNC(=O)NC(=O)CSc1nnnn1-c1ccc(CCCC)cc1. The Hall–Kier alpha value is -2.42. The Balaban J connectivity index is 1.87. The zero-order valence-corrected chi connectivity index (χ0v) is 16.6. The number of benzene rings is 1. The lowest BCUT2D eigenvalue weighted by molar-refractivity contribution is -0.117. The van der Waals surface area contributed by atoms with Crippen LogP contribution in [0.3, 0.4) is 0 Å². The molecule has 8 nitrogen and oxygen atoms in total. The van der Waals surface area contributed by atoms with Crippen molar-refractivity contribution in [1.29, 1.82) is 0 Å². The normalized spacial score (nSPS) is 10.6. The first kappa shape index (κ1) is 20.9. The second kappa shape index (κ2) is 11.3. The lowest BCUT2D eigenvalue weighted by atomic mass is 10.1. The number of amides is 3. The topological polar surface area (TPSA) is 102 Å². The first-order chi connectivity index (χ1) is 13.1. The number of hydrogen-bond donors (Lipinski definition) is 2. The Bertz CT molecular complexity index is 732. The number of imide groups is 1. The van der Waals surface area contributed by atoms with Crippen LogP contribution in [-0.4, -0.2) is 44.4 Å². The minimum absolute atomic E-state index is 0.0517. The first-order valence-corrected chi connectivity index (χ1v) is 10.2. The molecule has 0 unspecified atom stereocenters. The van der Waals surface area contributed by atoms with E-state index in [2.05, 4.69) is 45.2 Å². The van der Waals surface area contributed by atoms with Gasteiger partial charge in [0.2, 0.25) is 11.1 Å². The molecule has 2 aromatic rings. The number of rotatable bonds is 10. The number of carbonyl (C=O) groups is 2. The Kier molecular flexibility index (Phi) is 8.76. The molecular formula is C18H26N6O2S. The van der Waals surface area contributed by atoms with Crippen LogP contribution in [0.1, 0.15) is 45.1 Å². The number of thioether (sulfide) groups is 1. The highest BCUT2D eigenvalue weighted by molar-refractivity contribution is 7.99. The maximum absolute atomic E-state index is 11.9. The summed E-state index contributed by atoms with van der Waals surface area (Å²) in [5, 5.41) is 17.1. The van der Waals surface area contributed by atoms with Crippen LogP contribution in [0, 0.1) is 0 Å². The summed E-state index contributed by atoms with van der Waals surface area (Å²) in [6, 6.07) is 7.58. The van der Waals surface area contributed by atoms with Gasteiger partial charge < -0.3 is 5.32 Å². The summed E-state index contributed by atoms with van der Waals surface area (Å²) < 4.78 is 1.59. The molecule has 0 radical (unpaired) electrons. The van der Waals surface area contributed by atoms with Gasteiger partial charge in [-0.15, -0.1) is 5.10 Å². The molecule has 1 heterocycles. The average Bonchev–Trinajstić information content (AvgIpc) is 3.14. The van der Waals surface area contributed by atoms with Gasteiger partial charge >= 0.3 is 6.03 Å². The summed E-state index contributed by atoms with van der Waals surface area (Å²) in [6.45, 7) is 4.75. The summed E-state index contributed by atoms with van der Waals surface area (Å²) in [4.78, 5) is 23.5. The molecule has 0 atom stereocenters. The van der Waals surface area contributed by atoms with Crippen LogP contribution in [0.4, 0.5) is 4.79 Å². The second-order valence-electron chi connectivity index (χ2n) is 6.09. The van der Waals surface area contributed by atoms with Gasteiger partial charge in [-0.25, -0.2) is 4.79 Å². The van der Waals surface area contributed by atoms with Gasteiger partial charge in [-0.05, 0) is 47.4 Å². The standard InChI is InChI=1S/C18H26N6O2S/c1-3-5-7-14-8-10-15(11-9-14)24-18(21-22-23-24)27-13-16(25)20-17(26)19-12-6-4-2/h8-11H,3-7,12-13H2,1-2H3,(H2,19,20,25,26). The largest absolute Gasteiger partial charge is 0.338 e. The molecule has 0 aliphatic heterocycles. The van der Waals surface area contributed by atoms with E-state index >= 15 is 0 Å². The van der Waals surface area contributed by atoms with E-state index in [1.54, 1.807) is 4.68 Å². The molecule has 146 valence electrons. The van der Waals surface area contributed by atoms with E-state index in [-0.39, 0.29) is 5.75 Å². The van der Waals surface area contributed by atoms with Gasteiger partial charge in [0.1, 0.15) is 0 Å². The lowest BCUT2D eigenvalue weighted by Gasteiger charge is -2.07. The van der Waals surface area contributed by atoms with E-state index < -0.39 is 11.9 Å². The smallest absolute Gasteiger partial charge is 0.321 e. The summed E-state index contributed by atoms with van der Waals surface area (Å²) in [5.41, 5.74) is 2.11. The number of unbranched alkanes of at least 4 members (excludes halogenated alkanes) is 2. The van der Waals surface area contributed by atoms with Crippen molar-refractivity contribution in [2.24, 2.45) is 0 Å². The molecule has 1 aromatic heterocycles. The van der Waals surface area contributed by atoms with E-state index in [1.807, 2.05) is 19.1 Å². The summed E-state index contributed by atoms with van der Waals surface area (Å²) in [7, 11) is 0. The van der Waals surface area contributed by atoms with E-state index in [1.165, 1.54) is 17.3 Å². The zero-order valence-electron chi connectivity index (χ0n) is 15.8. The Morgan fingerprint density at radius 1 is 1.11 bits per heavy atom. The van der Waals surface area contributed by atoms with Crippen molar-refractivity contribution in [3.63, 3.8) is 0 Å². The van der Waals surface area contributed by atoms with Crippen molar-refractivity contribution in [1.82, 2.24) is 30.8 Å². The molecule has 0 fully saturated rings. The fourth-order valence-electron chi connectivity index (χ4n) is 2.33. The monoisotopic (exact) mass is 390 g/mol. The van der Waals surface area contributed by atoms with E-state index in [9.17, 15) is 9.59 Å². The number of carbonyl (C=O) groups excluding carboxylic acids is 2. The number of nitrogens with one attached hydrogen (secondary N) is 2. The van der Waals surface area contributed by atoms with Crippen LogP contribution < -0.4 is 10.6 Å². The number of aromatic nitrogens is 4. The number of aryl methyl sites for hydroxylation is 1. The van der Waals surface area contributed by atoms with Gasteiger partial charge in [-0.2, -0.15) is 4.68 Å². The van der Waals surface area contributed by atoms with E-state index in [0.29, 0.717) is 11.7 Å². The fourth-order valence-corrected chi connectivity index (χ4v) is 3.02. The van der Waals surface area contributed by atoms with Crippen LogP contribution >= 0.6 is 11.8 Å². The molecule has 0 saturated heterocycles. The molecule has 9 heteroatoms. The molecule has 3 amide bonds. The minimum atomic E-state index is -0.476. The molecular weight excluding hydrogens is 364 g/mol. The van der Waals surface area contributed by atoms with Crippen LogP contribution in [0.2, 0.25) is 0 Å².